The van der Waals surface area contributed by atoms with Crippen molar-refractivity contribution in [3.63, 3.8) is 0 Å². The molecule has 0 aliphatic carbocycles. The highest BCUT2D eigenvalue weighted by Gasteiger charge is 2.28. The molecule has 0 bridgehead atoms. The molecule has 0 atom stereocenters. The molecule has 4 nitrogen and oxygen atoms in total. The van der Waals surface area contributed by atoms with Crippen LogP contribution >= 0.6 is 0 Å². The van der Waals surface area contributed by atoms with E-state index in [1.165, 1.54) is 0 Å². The van der Waals surface area contributed by atoms with Crippen LogP contribution in [-0.4, -0.2) is 11.9 Å². The zero-order chi connectivity index (χ0) is 36.1. The highest BCUT2D eigenvalue weighted by Crippen LogP contribution is 2.40. The number of carbonyl (C=O) groups excluding carboxylic acids is 2. The van der Waals surface area contributed by atoms with Crippen LogP contribution in [0.3, 0.4) is 0 Å². The summed E-state index contributed by atoms with van der Waals surface area (Å²) in [6.45, 7) is 31.4. The van der Waals surface area contributed by atoms with E-state index in [0.29, 0.717) is 11.5 Å². The highest BCUT2D eigenvalue weighted by atomic mass is 16.5. The summed E-state index contributed by atoms with van der Waals surface area (Å²) >= 11 is 0. The van der Waals surface area contributed by atoms with E-state index in [0.717, 1.165) is 61.2 Å². The van der Waals surface area contributed by atoms with Crippen LogP contribution in [0.2, 0.25) is 0 Å². The number of benzene rings is 4. The minimum Gasteiger partial charge on any atom is -0.422 e. The second kappa shape index (κ2) is 13.0. The third kappa shape index (κ3) is 7.92. The van der Waals surface area contributed by atoms with Crippen molar-refractivity contribution in [1.29, 1.82) is 0 Å². The van der Waals surface area contributed by atoms with Gasteiger partial charge in [-0.05, 0) is 109 Å². The molecule has 4 heteroatoms. The van der Waals surface area contributed by atoms with Crippen LogP contribution in [0, 0.1) is 41.5 Å². The predicted molar refractivity (Wildman–Crippen MR) is 199 cm³/mol. The summed E-state index contributed by atoms with van der Waals surface area (Å²) in [6.07, 6.45) is 0. The number of hydrogen-bond donors (Lipinski definition) is 0. The van der Waals surface area contributed by atoms with Crippen molar-refractivity contribution in [1.82, 2.24) is 0 Å². The second-order valence-electron chi connectivity index (χ2n) is 16.7. The van der Waals surface area contributed by atoms with E-state index in [-0.39, 0.29) is 27.4 Å². The maximum absolute atomic E-state index is 14.2. The Bertz CT molecular complexity index is 1800. The largest absolute Gasteiger partial charge is 0.422 e. The molecule has 0 saturated carbocycles. The van der Waals surface area contributed by atoms with E-state index in [9.17, 15) is 9.59 Å². The number of esters is 2. The first-order valence-electron chi connectivity index (χ1n) is 16.9. The van der Waals surface area contributed by atoms with Crippen LogP contribution in [0.25, 0.3) is 11.1 Å². The predicted octanol–water partition coefficient (Wildman–Crippen LogP) is 11.5. The normalized spacial score (nSPS) is 12.2. The van der Waals surface area contributed by atoms with E-state index in [1.807, 2.05) is 52.0 Å². The molecule has 0 spiro atoms. The molecule has 48 heavy (non-hydrogen) atoms. The van der Waals surface area contributed by atoms with Gasteiger partial charge in [-0.3, -0.25) is 0 Å². The Balaban J connectivity index is 1.94. The van der Waals surface area contributed by atoms with Crippen LogP contribution < -0.4 is 9.47 Å². The van der Waals surface area contributed by atoms with E-state index in [1.54, 1.807) is 6.07 Å². The fourth-order valence-corrected chi connectivity index (χ4v) is 6.55. The first kappa shape index (κ1) is 36.7. The summed E-state index contributed by atoms with van der Waals surface area (Å²) in [6, 6.07) is 17.9. The van der Waals surface area contributed by atoms with Crippen LogP contribution in [0.15, 0.2) is 54.6 Å². The number of ether oxygens (including phenoxy) is 2. The topological polar surface area (TPSA) is 52.6 Å². The quantitative estimate of drug-likeness (QED) is 0.160. The third-order valence-corrected chi connectivity index (χ3v) is 8.82. The Kier molecular flexibility index (Phi) is 9.95. The van der Waals surface area contributed by atoms with Crippen molar-refractivity contribution in [3.05, 3.63) is 116 Å². The van der Waals surface area contributed by atoms with Gasteiger partial charge in [0.05, 0.1) is 11.1 Å². The standard InChI is InChI=1S/C44H54O4/c1-25-16-28(4)37(34(19-25)42(7,8)9)31-22-32(40(45)47-38-29(5)17-26(2)20-35(38)43(10,11)12)24-33(23-31)41(46)48-39-30(6)18-27(3)21-36(39)44(13,14)15/h16-24H,1-15H3. The van der Waals surface area contributed by atoms with Gasteiger partial charge in [0.1, 0.15) is 11.5 Å². The van der Waals surface area contributed by atoms with Gasteiger partial charge in [-0.1, -0.05) is 115 Å². The number of carbonyl (C=O) groups is 2. The molecule has 4 aromatic carbocycles. The summed E-state index contributed by atoms with van der Waals surface area (Å²) in [4.78, 5) is 28.3. The van der Waals surface area contributed by atoms with Gasteiger partial charge in [0.25, 0.3) is 0 Å². The molecule has 0 unspecified atom stereocenters. The smallest absolute Gasteiger partial charge is 0.343 e. The minimum atomic E-state index is -0.521. The molecule has 0 saturated heterocycles. The fourth-order valence-electron chi connectivity index (χ4n) is 6.55. The van der Waals surface area contributed by atoms with Crippen molar-refractivity contribution in [2.75, 3.05) is 0 Å². The van der Waals surface area contributed by atoms with Crippen LogP contribution in [-0.2, 0) is 16.2 Å². The van der Waals surface area contributed by atoms with Gasteiger partial charge in [-0.2, -0.15) is 0 Å². The second-order valence-corrected chi connectivity index (χ2v) is 16.7. The molecular weight excluding hydrogens is 592 g/mol. The zero-order valence-electron chi connectivity index (χ0n) is 31.8. The third-order valence-electron chi connectivity index (χ3n) is 8.82. The van der Waals surface area contributed by atoms with Gasteiger partial charge in [-0.15, -0.1) is 0 Å². The fraction of sp³-hybridized carbons (Fsp3) is 0.409. The molecule has 0 fully saturated rings. The Morgan fingerprint density at radius 2 is 0.771 bits per heavy atom. The van der Waals surface area contributed by atoms with Crippen molar-refractivity contribution in [2.24, 2.45) is 0 Å². The van der Waals surface area contributed by atoms with Crippen LogP contribution in [0.5, 0.6) is 11.5 Å². The lowest BCUT2D eigenvalue weighted by atomic mass is 9.79. The summed E-state index contributed by atoms with van der Waals surface area (Å²) < 4.78 is 12.5. The number of aryl methyl sites for hydroxylation is 6. The molecule has 0 aliphatic rings. The summed E-state index contributed by atoms with van der Waals surface area (Å²) in [7, 11) is 0. The minimum absolute atomic E-state index is 0.190. The molecule has 0 aliphatic heterocycles. The SMILES string of the molecule is Cc1cc(C)c(OC(=O)c2cc(C(=O)Oc3c(C)cc(C)cc3C(C)(C)C)cc(-c3c(C)cc(C)cc3C(C)(C)C)c2)c(C(C)(C)C)c1. The Hall–Kier alpha value is -4.18. The molecular formula is C44H54O4. The Morgan fingerprint density at radius 1 is 0.438 bits per heavy atom. The summed E-state index contributed by atoms with van der Waals surface area (Å²) in [5.74, 6) is 0.0684. The van der Waals surface area contributed by atoms with Gasteiger partial charge in [0.15, 0.2) is 0 Å². The summed E-state index contributed by atoms with van der Waals surface area (Å²) in [5, 5.41) is 0. The van der Waals surface area contributed by atoms with E-state index >= 15 is 0 Å². The van der Waals surface area contributed by atoms with Crippen molar-refractivity contribution in [2.45, 2.75) is 120 Å². The number of rotatable bonds is 5. The lowest BCUT2D eigenvalue weighted by Gasteiger charge is -2.26. The maximum Gasteiger partial charge on any atom is 0.343 e. The first-order valence-corrected chi connectivity index (χ1v) is 16.9. The molecule has 0 N–H and O–H groups in total. The van der Waals surface area contributed by atoms with E-state index in [2.05, 4.69) is 100 Å². The van der Waals surface area contributed by atoms with Crippen LogP contribution in [0.4, 0.5) is 0 Å². The molecule has 4 rings (SSSR count). The van der Waals surface area contributed by atoms with Gasteiger partial charge < -0.3 is 9.47 Å². The van der Waals surface area contributed by atoms with Gasteiger partial charge >= 0.3 is 11.9 Å². The Morgan fingerprint density at radius 3 is 1.12 bits per heavy atom. The van der Waals surface area contributed by atoms with Gasteiger partial charge in [-0.25, -0.2) is 9.59 Å². The van der Waals surface area contributed by atoms with E-state index < -0.39 is 11.9 Å². The molecule has 0 radical (unpaired) electrons. The first-order chi connectivity index (χ1) is 22.0. The van der Waals surface area contributed by atoms with Gasteiger partial charge in [0, 0.05) is 11.1 Å². The van der Waals surface area contributed by atoms with Crippen LogP contribution in [0.1, 0.15) is 133 Å². The van der Waals surface area contributed by atoms with E-state index in [4.69, 9.17) is 9.47 Å². The lowest BCUT2D eigenvalue weighted by molar-refractivity contribution is 0.0730. The maximum atomic E-state index is 14.2. The molecule has 0 amide bonds. The average molecular weight is 647 g/mol. The lowest BCUT2D eigenvalue weighted by Crippen LogP contribution is -2.20. The Labute approximate surface area is 288 Å². The average Bonchev–Trinajstić information content (AvgIpc) is 2.93. The van der Waals surface area contributed by atoms with Crippen molar-refractivity contribution >= 4 is 11.9 Å². The molecule has 4 aromatic rings. The van der Waals surface area contributed by atoms with Crippen molar-refractivity contribution in [3.8, 4) is 22.6 Å². The molecule has 0 aromatic heterocycles. The molecule has 254 valence electrons. The van der Waals surface area contributed by atoms with Gasteiger partial charge in [0.2, 0.25) is 0 Å². The summed E-state index contributed by atoms with van der Waals surface area (Å²) in [5.41, 5.74) is 10.9. The highest BCUT2D eigenvalue weighted by molar-refractivity contribution is 5.99. The zero-order valence-corrected chi connectivity index (χ0v) is 31.8. The number of hydrogen-bond acceptors (Lipinski definition) is 4. The monoisotopic (exact) mass is 646 g/mol. The van der Waals surface area contributed by atoms with Crippen molar-refractivity contribution < 1.29 is 19.1 Å². The molecule has 0 heterocycles.